The maximum Gasteiger partial charge on any atom is 0.407 e. The van der Waals surface area contributed by atoms with Gasteiger partial charge in [-0.05, 0) is 35.6 Å². The second kappa shape index (κ2) is 13.4. The molecule has 1 aliphatic rings. The van der Waals surface area contributed by atoms with Crippen LogP contribution in [-0.4, -0.2) is 50.4 Å². The van der Waals surface area contributed by atoms with Gasteiger partial charge in [0.2, 0.25) is 5.91 Å². The van der Waals surface area contributed by atoms with E-state index in [1.54, 1.807) is 0 Å². The summed E-state index contributed by atoms with van der Waals surface area (Å²) < 4.78 is 10.8. The van der Waals surface area contributed by atoms with Crippen LogP contribution in [0.1, 0.15) is 29.0 Å². The summed E-state index contributed by atoms with van der Waals surface area (Å²) in [6, 6.07) is 26.1. The highest BCUT2D eigenvalue weighted by atomic mass is 16.5. The molecular weight excluding hydrogens is 478 g/mol. The standard InChI is InChI=1S/C31H33N3O4/c1-3-25-20-32-21-26(38-25)19-18-22-12-10-11-17-27(22)33-30(35)29(34-31(36)37-2)28(23-13-6-4-7-14-23)24-15-8-5-9-16-24/h1,4-17,25-26,28-29,32H,18-21H2,2H3,(H,33,35)(H,34,36)/t25-,26-,29?/m1/s1. The zero-order valence-electron chi connectivity index (χ0n) is 21.4. The number of rotatable bonds is 9. The number of hydrogen-bond donors (Lipinski definition) is 3. The van der Waals surface area contributed by atoms with Gasteiger partial charge in [0.25, 0.3) is 0 Å². The molecule has 2 amide bonds. The van der Waals surface area contributed by atoms with Gasteiger partial charge in [0.05, 0.1) is 13.2 Å². The van der Waals surface area contributed by atoms with Crippen LogP contribution in [0.5, 0.6) is 0 Å². The minimum absolute atomic E-state index is 0.0113. The van der Waals surface area contributed by atoms with Gasteiger partial charge in [-0.15, -0.1) is 6.42 Å². The van der Waals surface area contributed by atoms with Gasteiger partial charge in [-0.2, -0.15) is 0 Å². The van der Waals surface area contributed by atoms with Crippen LogP contribution in [0, 0.1) is 12.3 Å². The van der Waals surface area contributed by atoms with E-state index in [9.17, 15) is 9.59 Å². The number of terminal acetylenes is 1. The first-order valence-corrected chi connectivity index (χ1v) is 12.7. The number of methoxy groups -OCH3 is 1. The van der Waals surface area contributed by atoms with E-state index in [1.165, 1.54) is 7.11 Å². The molecule has 3 N–H and O–H groups in total. The Balaban J connectivity index is 1.58. The lowest BCUT2D eigenvalue weighted by molar-refractivity contribution is -0.118. The van der Waals surface area contributed by atoms with Gasteiger partial charge in [-0.1, -0.05) is 84.8 Å². The van der Waals surface area contributed by atoms with Crippen molar-refractivity contribution in [2.45, 2.75) is 37.0 Å². The van der Waals surface area contributed by atoms with Crippen molar-refractivity contribution in [3.8, 4) is 12.3 Å². The Morgan fingerprint density at radius 1 is 1.00 bits per heavy atom. The maximum absolute atomic E-state index is 13.9. The zero-order chi connectivity index (χ0) is 26.7. The molecule has 0 bridgehead atoms. The molecule has 7 heteroatoms. The maximum atomic E-state index is 13.9. The summed E-state index contributed by atoms with van der Waals surface area (Å²) in [5.74, 6) is 1.87. The molecule has 4 rings (SSSR count). The molecule has 1 fully saturated rings. The average Bonchev–Trinajstić information content (AvgIpc) is 2.97. The second-order valence-electron chi connectivity index (χ2n) is 9.17. The summed E-state index contributed by atoms with van der Waals surface area (Å²) in [6.45, 7) is 1.38. The van der Waals surface area contributed by atoms with Crippen LogP contribution in [0.4, 0.5) is 10.5 Å². The monoisotopic (exact) mass is 511 g/mol. The van der Waals surface area contributed by atoms with Gasteiger partial charge in [0.1, 0.15) is 12.1 Å². The summed E-state index contributed by atoms with van der Waals surface area (Å²) in [7, 11) is 1.28. The third kappa shape index (κ3) is 7.00. The topological polar surface area (TPSA) is 88.7 Å². The van der Waals surface area contributed by atoms with Gasteiger partial charge >= 0.3 is 6.09 Å². The number of nitrogens with one attached hydrogen (secondary N) is 3. The number of anilines is 1. The lowest BCUT2D eigenvalue weighted by Crippen LogP contribution is -2.48. The van der Waals surface area contributed by atoms with Gasteiger partial charge < -0.3 is 25.4 Å². The molecule has 3 aromatic rings. The SMILES string of the molecule is C#C[C@@H]1CNC[C@@H](CCc2ccccc2NC(=O)C(NC(=O)OC)C(c2ccccc2)c2ccccc2)O1. The van der Waals surface area contributed by atoms with E-state index in [4.69, 9.17) is 15.9 Å². The molecule has 1 aliphatic heterocycles. The molecule has 0 aromatic heterocycles. The van der Waals surface area contributed by atoms with Crippen LogP contribution in [-0.2, 0) is 20.7 Å². The second-order valence-corrected chi connectivity index (χ2v) is 9.17. The molecule has 1 unspecified atom stereocenters. The molecule has 0 aliphatic carbocycles. The lowest BCUT2D eigenvalue weighted by atomic mass is 9.84. The Hall–Kier alpha value is -4.12. The first kappa shape index (κ1) is 26.9. The van der Waals surface area contributed by atoms with Crippen molar-refractivity contribution in [2.24, 2.45) is 0 Å². The first-order chi connectivity index (χ1) is 18.6. The normalized spacial score (nSPS) is 17.7. The van der Waals surface area contributed by atoms with E-state index in [2.05, 4.69) is 21.9 Å². The number of morpholine rings is 1. The average molecular weight is 512 g/mol. The van der Waals surface area contributed by atoms with Gasteiger partial charge in [0, 0.05) is 24.7 Å². The highest BCUT2D eigenvalue weighted by molar-refractivity contribution is 5.98. The Morgan fingerprint density at radius 2 is 1.63 bits per heavy atom. The van der Waals surface area contributed by atoms with E-state index in [1.807, 2.05) is 84.9 Å². The minimum Gasteiger partial charge on any atom is -0.453 e. The Bertz CT molecular complexity index is 1200. The number of benzene rings is 3. The smallest absolute Gasteiger partial charge is 0.407 e. The predicted octanol–water partition coefficient (Wildman–Crippen LogP) is 4.10. The van der Waals surface area contributed by atoms with E-state index in [0.717, 1.165) is 29.7 Å². The largest absolute Gasteiger partial charge is 0.453 e. The summed E-state index contributed by atoms with van der Waals surface area (Å²) in [4.78, 5) is 26.2. The first-order valence-electron chi connectivity index (χ1n) is 12.7. The van der Waals surface area contributed by atoms with Crippen LogP contribution in [0.3, 0.4) is 0 Å². The van der Waals surface area contributed by atoms with E-state index < -0.39 is 18.1 Å². The molecule has 0 spiro atoms. The summed E-state index contributed by atoms with van der Waals surface area (Å²) >= 11 is 0. The minimum atomic E-state index is -0.928. The molecule has 3 atom stereocenters. The number of para-hydroxylation sites is 1. The fourth-order valence-electron chi connectivity index (χ4n) is 4.74. The zero-order valence-corrected chi connectivity index (χ0v) is 21.4. The molecule has 1 saturated heterocycles. The molecular formula is C31H33N3O4. The van der Waals surface area contributed by atoms with Crippen molar-refractivity contribution in [3.63, 3.8) is 0 Å². The molecule has 1 heterocycles. The number of aryl methyl sites for hydroxylation is 1. The molecule has 0 radical (unpaired) electrons. The predicted molar refractivity (Wildman–Crippen MR) is 148 cm³/mol. The number of amides is 2. The number of carbonyl (C=O) groups excluding carboxylic acids is 2. The third-order valence-electron chi connectivity index (χ3n) is 6.65. The van der Waals surface area contributed by atoms with Crippen molar-refractivity contribution in [3.05, 3.63) is 102 Å². The van der Waals surface area contributed by atoms with Crippen LogP contribution < -0.4 is 16.0 Å². The molecule has 7 nitrogen and oxygen atoms in total. The highest BCUT2D eigenvalue weighted by Crippen LogP contribution is 2.30. The van der Waals surface area contributed by atoms with Crippen LogP contribution in [0.25, 0.3) is 0 Å². The fourth-order valence-corrected chi connectivity index (χ4v) is 4.74. The highest BCUT2D eigenvalue weighted by Gasteiger charge is 2.33. The fraction of sp³-hybridized carbons (Fsp3) is 0.290. The Labute approximate surface area is 223 Å². The quantitative estimate of drug-likeness (QED) is 0.377. The van der Waals surface area contributed by atoms with Crippen molar-refractivity contribution < 1.29 is 19.1 Å². The van der Waals surface area contributed by atoms with E-state index >= 15 is 0 Å². The van der Waals surface area contributed by atoms with Crippen LogP contribution >= 0.6 is 0 Å². The third-order valence-corrected chi connectivity index (χ3v) is 6.65. The molecule has 196 valence electrons. The van der Waals surface area contributed by atoms with Crippen molar-refractivity contribution in [1.82, 2.24) is 10.6 Å². The number of hydrogen-bond acceptors (Lipinski definition) is 5. The van der Waals surface area contributed by atoms with Crippen molar-refractivity contribution in [2.75, 3.05) is 25.5 Å². The number of ether oxygens (including phenoxy) is 2. The van der Waals surface area contributed by atoms with Crippen LogP contribution in [0.2, 0.25) is 0 Å². The molecule has 3 aromatic carbocycles. The number of alkyl carbamates (subject to hydrolysis) is 1. The van der Waals surface area contributed by atoms with Crippen molar-refractivity contribution in [1.29, 1.82) is 0 Å². The number of carbonyl (C=O) groups is 2. The summed E-state index contributed by atoms with van der Waals surface area (Å²) in [6.07, 6.45) is 6.04. The lowest BCUT2D eigenvalue weighted by Gasteiger charge is -2.29. The van der Waals surface area contributed by atoms with Crippen LogP contribution in [0.15, 0.2) is 84.9 Å². The Morgan fingerprint density at radius 3 is 2.26 bits per heavy atom. The van der Waals surface area contributed by atoms with Gasteiger partial charge in [0.15, 0.2) is 0 Å². The molecule has 38 heavy (non-hydrogen) atoms. The summed E-state index contributed by atoms with van der Waals surface area (Å²) in [5.41, 5.74) is 3.45. The van der Waals surface area contributed by atoms with Gasteiger partial charge in [-0.25, -0.2) is 4.79 Å². The van der Waals surface area contributed by atoms with E-state index in [0.29, 0.717) is 18.7 Å². The van der Waals surface area contributed by atoms with E-state index in [-0.39, 0.29) is 18.1 Å². The summed E-state index contributed by atoms with van der Waals surface area (Å²) in [5, 5.41) is 9.16. The van der Waals surface area contributed by atoms with Crippen molar-refractivity contribution >= 4 is 17.7 Å². The molecule has 0 saturated carbocycles. The Kier molecular flexibility index (Phi) is 9.52. The van der Waals surface area contributed by atoms with Gasteiger partial charge in [-0.3, -0.25) is 4.79 Å².